The molecule has 0 heterocycles. The Hall–Kier alpha value is -2.13. The summed E-state index contributed by atoms with van der Waals surface area (Å²) in [5.74, 6) is -0.274. The summed E-state index contributed by atoms with van der Waals surface area (Å²) < 4.78 is 19.1. The fourth-order valence-corrected chi connectivity index (χ4v) is 1.78. The number of ether oxygens (including phenoxy) is 1. The van der Waals surface area contributed by atoms with Gasteiger partial charge in [0.15, 0.2) is 11.6 Å². The Kier molecular flexibility index (Phi) is 4.91. The predicted octanol–water partition coefficient (Wildman–Crippen LogP) is 3.97. The standard InChI is InChI=1S/C17H17FO2/c1-13(19)15-9-10-17(16(18)12-15)20-11-5-8-14-6-3-2-4-7-14/h2-10,12-13,19H,11H2,1H3/b8-5+/t13-/m1/s1. The summed E-state index contributed by atoms with van der Waals surface area (Å²) in [6.45, 7) is 1.89. The van der Waals surface area contributed by atoms with Gasteiger partial charge in [0.25, 0.3) is 0 Å². The molecular formula is C17H17FO2. The highest BCUT2D eigenvalue weighted by Crippen LogP contribution is 2.21. The van der Waals surface area contributed by atoms with Gasteiger partial charge in [-0.05, 0) is 36.3 Å². The summed E-state index contributed by atoms with van der Waals surface area (Å²) >= 11 is 0. The van der Waals surface area contributed by atoms with Gasteiger partial charge in [-0.1, -0.05) is 42.5 Å². The molecule has 2 rings (SSSR count). The molecule has 0 aliphatic heterocycles. The molecule has 0 aliphatic carbocycles. The van der Waals surface area contributed by atoms with Crippen molar-refractivity contribution in [2.75, 3.05) is 6.61 Å². The molecule has 2 aromatic carbocycles. The van der Waals surface area contributed by atoms with Crippen molar-refractivity contribution in [2.45, 2.75) is 13.0 Å². The molecule has 0 radical (unpaired) electrons. The van der Waals surface area contributed by atoms with Crippen molar-refractivity contribution in [3.05, 3.63) is 71.6 Å². The molecular weight excluding hydrogens is 255 g/mol. The quantitative estimate of drug-likeness (QED) is 0.892. The van der Waals surface area contributed by atoms with Gasteiger partial charge in [0.05, 0.1) is 6.10 Å². The molecule has 0 spiro atoms. The first-order chi connectivity index (χ1) is 9.66. The summed E-state index contributed by atoms with van der Waals surface area (Å²) in [5, 5.41) is 9.36. The van der Waals surface area contributed by atoms with Gasteiger partial charge in [-0.15, -0.1) is 0 Å². The van der Waals surface area contributed by atoms with Crippen LogP contribution in [0, 0.1) is 5.82 Å². The second kappa shape index (κ2) is 6.87. The number of benzene rings is 2. The van der Waals surface area contributed by atoms with Gasteiger partial charge in [-0.2, -0.15) is 0 Å². The molecule has 0 amide bonds. The van der Waals surface area contributed by atoms with E-state index in [4.69, 9.17) is 4.74 Å². The average Bonchev–Trinajstić information content (AvgIpc) is 2.46. The second-order valence-electron chi connectivity index (χ2n) is 4.49. The first kappa shape index (κ1) is 14.3. The largest absolute Gasteiger partial charge is 0.486 e. The van der Waals surface area contributed by atoms with Crippen molar-refractivity contribution in [3.63, 3.8) is 0 Å². The minimum Gasteiger partial charge on any atom is -0.486 e. The smallest absolute Gasteiger partial charge is 0.165 e. The Morgan fingerprint density at radius 3 is 2.60 bits per heavy atom. The van der Waals surface area contributed by atoms with E-state index in [-0.39, 0.29) is 5.75 Å². The lowest BCUT2D eigenvalue weighted by atomic mass is 10.1. The highest BCUT2D eigenvalue weighted by molar-refractivity contribution is 5.48. The van der Waals surface area contributed by atoms with Gasteiger partial charge >= 0.3 is 0 Å². The van der Waals surface area contributed by atoms with Crippen LogP contribution in [0.15, 0.2) is 54.6 Å². The van der Waals surface area contributed by atoms with Crippen LogP contribution in [-0.4, -0.2) is 11.7 Å². The maximum atomic E-state index is 13.7. The van der Waals surface area contributed by atoms with Crippen LogP contribution in [0.1, 0.15) is 24.2 Å². The fraction of sp³-hybridized carbons (Fsp3) is 0.176. The summed E-state index contributed by atoms with van der Waals surface area (Å²) in [5.41, 5.74) is 1.61. The molecule has 0 saturated carbocycles. The molecule has 2 nitrogen and oxygen atoms in total. The molecule has 0 unspecified atom stereocenters. The average molecular weight is 272 g/mol. The second-order valence-corrected chi connectivity index (χ2v) is 4.49. The summed E-state index contributed by atoms with van der Waals surface area (Å²) in [7, 11) is 0. The molecule has 2 aromatic rings. The number of halogens is 1. The molecule has 0 saturated heterocycles. The molecule has 0 aromatic heterocycles. The van der Waals surface area contributed by atoms with Gasteiger partial charge in [0.1, 0.15) is 6.61 Å². The first-order valence-corrected chi connectivity index (χ1v) is 6.48. The van der Waals surface area contributed by atoms with E-state index in [1.54, 1.807) is 13.0 Å². The predicted molar refractivity (Wildman–Crippen MR) is 78.0 cm³/mol. The number of hydrogen-bond acceptors (Lipinski definition) is 2. The molecule has 20 heavy (non-hydrogen) atoms. The normalized spacial score (nSPS) is 12.6. The van der Waals surface area contributed by atoms with Crippen LogP contribution < -0.4 is 4.74 Å². The lowest BCUT2D eigenvalue weighted by Crippen LogP contribution is -1.98. The number of hydrogen-bond donors (Lipinski definition) is 1. The molecule has 0 fully saturated rings. The molecule has 104 valence electrons. The van der Waals surface area contributed by atoms with E-state index < -0.39 is 11.9 Å². The van der Waals surface area contributed by atoms with Crippen molar-refractivity contribution in [1.82, 2.24) is 0 Å². The highest BCUT2D eigenvalue weighted by atomic mass is 19.1. The van der Waals surface area contributed by atoms with Gasteiger partial charge in [0.2, 0.25) is 0 Å². The van der Waals surface area contributed by atoms with Crippen LogP contribution in [0.3, 0.4) is 0 Å². The van der Waals surface area contributed by atoms with E-state index in [0.717, 1.165) is 5.56 Å². The number of aliphatic hydroxyl groups excluding tert-OH is 1. The molecule has 1 N–H and O–H groups in total. The third-order valence-corrected chi connectivity index (χ3v) is 2.88. The van der Waals surface area contributed by atoms with Gasteiger partial charge in [-0.3, -0.25) is 0 Å². The van der Waals surface area contributed by atoms with E-state index in [1.165, 1.54) is 12.1 Å². The van der Waals surface area contributed by atoms with E-state index in [2.05, 4.69) is 0 Å². The Balaban J connectivity index is 1.93. The Morgan fingerprint density at radius 1 is 1.20 bits per heavy atom. The zero-order valence-corrected chi connectivity index (χ0v) is 11.3. The van der Waals surface area contributed by atoms with Crippen molar-refractivity contribution >= 4 is 6.08 Å². The summed E-state index contributed by atoms with van der Waals surface area (Å²) in [6.07, 6.45) is 3.07. The first-order valence-electron chi connectivity index (χ1n) is 6.48. The zero-order valence-electron chi connectivity index (χ0n) is 11.3. The van der Waals surface area contributed by atoms with Crippen molar-refractivity contribution in [3.8, 4) is 5.75 Å². The van der Waals surface area contributed by atoms with Crippen molar-refractivity contribution < 1.29 is 14.2 Å². The van der Waals surface area contributed by atoms with Crippen molar-refractivity contribution in [2.24, 2.45) is 0 Å². The van der Waals surface area contributed by atoms with Gasteiger partial charge < -0.3 is 9.84 Å². The molecule has 1 atom stereocenters. The van der Waals surface area contributed by atoms with Crippen LogP contribution in [0.25, 0.3) is 6.08 Å². The van der Waals surface area contributed by atoms with Crippen LogP contribution in [-0.2, 0) is 0 Å². The maximum Gasteiger partial charge on any atom is 0.165 e. The fourth-order valence-electron chi connectivity index (χ4n) is 1.78. The minimum atomic E-state index is -0.684. The van der Waals surface area contributed by atoms with Crippen molar-refractivity contribution in [1.29, 1.82) is 0 Å². The number of aliphatic hydroxyl groups is 1. The maximum absolute atomic E-state index is 13.7. The topological polar surface area (TPSA) is 29.5 Å². The summed E-state index contributed by atoms with van der Waals surface area (Å²) in [4.78, 5) is 0. The van der Waals surface area contributed by atoms with Crippen LogP contribution in [0.4, 0.5) is 4.39 Å². The van der Waals surface area contributed by atoms with E-state index in [0.29, 0.717) is 12.2 Å². The lowest BCUT2D eigenvalue weighted by molar-refractivity contribution is 0.198. The van der Waals surface area contributed by atoms with Crippen LogP contribution >= 0.6 is 0 Å². The summed E-state index contributed by atoms with van der Waals surface area (Å²) in [6, 6.07) is 14.3. The third-order valence-electron chi connectivity index (χ3n) is 2.88. The minimum absolute atomic E-state index is 0.187. The Bertz CT molecular complexity index is 577. The van der Waals surface area contributed by atoms with E-state index >= 15 is 0 Å². The lowest BCUT2D eigenvalue weighted by Gasteiger charge is -2.08. The monoisotopic (exact) mass is 272 g/mol. The Morgan fingerprint density at radius 2 is 1.95 bits per heavy atom. The SMILES string of the molecule is C[C@@H](O)c1ccc(OC/C=C/c2ccccc2)c(F)c1. The highest BCUT2D eigenvalue weighted by Gasteiger charge is 2.07. The molecule has 0 aliphatic rings. The van der Waals surface area contributed by atoms with Gasteiger partial charge in [0, 0.05) is 0 Å². The Labute approximate surface area is 118 Å². The number of rotatable bonds is 5. The third kappa shape index (κ3) is 3.93. The zero-order chi connectivity index (χ0) is 14.4. The van der Waals surface area contributed by atoms with Crippen LogP contribution in [0.5, 0.6) is 5.75 Å². The molecule has 0 bridgehead atoms. The van der Waals surface area contributed by atoms with E-state index in [1.807, 2.05) is 42.5 Å². The van der Waals surface area contributed by atoms with Gasteiger partial charge in [-0.25, -0.2) is 4.39 Å². The van der Waals surface area contributed by atoms with E-state index in [9.17, 15) is 9.50 Å². The molecule has 3 heteroatoms. The van der Waals surface area contributed by atoms with Crippen LogP contribution in [0.2, 0.25) is 0 Å².